The summed E-state index contributed by atoms with van der Waals surface area (Å²) >= 11 is 0. The average Bonchev–Trinajstić information content (AvgIpc) is 3.02. The molecular weight excluding hydrogens is 316 g/mol. The fourth-order valence-corrected chi connectivity index (χ4v) is 3.55. The molecule has 130 valence electrons. The van der Waals surface area contributed by atoms with Gasteiger partial charge in [0.15, 0.2) is 11.5 Å². The highest BCUT2D eigenvalue weighted by molar-refractivity contribution is 5.83. The standard InChI is InChI=1S/C19H22N4O2/c1-11-3-4-16(24)12(2)18(11)14-10-23-17(9-15(14)20)21-19(22-23)13-5-7-25-8-6-13/h3-4,9-10,13,24H,5-8,20H2,1-2H3. The highest BCUT2D eigenvalue weighted by atomic mass is 16.5. The van der Waals surface area contributed by atoms with Gasteiger partial charge in [-0.3, -0.25) is 0 Å². The second kappa shape index (κ2) is 6.04. The molecule has 6 heteroatoms. The summed E-state index contributed by atoms with van der Waals surface area (Å²) in [7, 11) is 0. The van der Waals surface area contributed by atoms with E-state index in [2.05, 4.69) is 10.1 Å². The van der Waals surface area contributed by atoms with Crippen LogP contribution >= 0.6 is 0 Å². The number of phenols is 1. The van der Waals surface area contributed by atoms with E-state index in [1.807, 2.05) is 32.2 Å². The van der Waals surface area contributed by atoms with Gasteiger partial charge in [-0.2, -0.15) is 5.10 Å². The van der Waals surface area contributed by atoms with Gasteiger partial charge in [0.1, 0.15) is 5.75 Å². The number of nitrogens with two attached hydrogens (primary N) is 1. The zero-order valence-corrected chi connectivity index (χ0v) is 14.5. The van der Waals surface area contributed by atoms with Crippen molar-refractivity contribution in [2.75, 3.05) is 18.9 Å². The Balaban J connectivity index is 1.83. The molecule has 3 aromatic rings. The molecule has 6 nitrogen and oxygen atoms in total. The van der Waals surface area contributed by atoms with Gasteiger partial charge >= 0.3 is 0 Å². The van der Waals surface area contributed by atoms with Crippen molar-refractivity contribution in [3.8, 4) is 16.9 Å². The number of fused-ring (bicyclic) bond motifs is 1. The highest BCUT2D eigenvalue weighted by Crippen LogP contribution is 2.36. The van der Waals surface area contributed by atoms with E-state index in [0.717, 1.165) is 59.8 Å². The number of benzene rings is 1. The first-order chi connectivity index (χ1) is 12.0. The number of ether oxygens (including phenoxy) is 1. The van der Waals surface area contributed by atoms with E-state index in [1.165, 1.54) is 0 Å². The molecule has 1 fully saturated rings. The second-order valence-electron chi connectivity index (χ2n) is 6.70. The molecule has 4 rings (SSSR count). The van der Waals surface area contributed by atoms with Crippen LogP contribution in [0.3, 0.4) is 0 Å². The van der Waals surface area contributed by atoms with E-state index < -0.39 is 0 Å². The van der Waals surface area contributed by atoms with Crippen LogP contribution < -0.4 is 5.73 Å². The number of phenolic OH excluding ortho intramolecular Hbond substituents is 1. The first-order valence-electron chi connectivity index (χ1n) is 8.57. The highest BCUT2D eigenvalue weighted by Gasteiger charge is 2.21. The van der Waals surface area contributed by atoms with Gasteiger partial charge in [0.25, 0.3) is 0 Å². The number of pyridine rings is 1. The van der Waals surface area contributed by atoms with Crippen molar-refractivity contribution in [1.82, 2.24) is 14.6 Å². The van der Waals surface area contributed by atoms with Gasteiger partial charge in [0.2, 0.25) is 0 Å². The lowest BCUT2D eigenvalue weighted by molar-refractivity contribution is 0.0836. The third kappa shape index (κ3) is 2.72. The summed E-state index contributed by atoms with van der Waals surface area (Å²) in [5.41, 5.74) is 11.4. The smallest absolute Gasteiger partial charge is 0.157 e. The van der Waals surface area contributed by atoms with Crippen molar-refractivity contribution >= 4 is 11.3 Å². The molecule has 0 aliphatic carbocycles. The molecule has 0 spiro atoms. The fraction of sp³-hybridized carbons (Fsp3) is 0.368. The van der Waals surface area contributed by atoms with E-state index in [-0.39, 0.29) is 5.75 Å². The van der Waals surface area contributed by atoms with Crippen LogP contribution in [0.4, 0.5) is 5.69 Å². The molecule has 0 bridgehead atoms. The van der Waals surface area contributed by atoms with Crippen molar-refractivity contribution in [3.63, 3.8) is 0 Å². The Morgan fingerprint density at radius 2 is 2.00 bits per heavy atom. The SMILES string of the molecule is Cc1ccc(O)c(C)c1-c1cn2nc(C3CCOCC3)nc2cc1N. The fourth-order valence-electron chi connectivity index (χ4n) is 3.55. The molecule has 25 heavy (non-hydrogen) atoms. The largest absolute Gasteiger partial charge is 0.508 e. The van der Waals surface area contributed by atoms with Crippen LogP contribution in [-0.4, -0.2) is 32.9 Å². The van der Waals surface area contributed by atoms with E-state index in [4.69, 9.17) is 10.5 Å². The lowest BCUT2D eigenvalue weighted by atomic mass is 9.95. The monoisotopic (exact) mass is 338 g/mol. The van der Waals surface area contributed by atoms with Crippen LogP contribution in [0.25, 0.3) is 16.8 Å². The van der Waals surface area contributed by atoms with Crippen LogP contribution in [0, 0.1) is 13.8 Å². The van der Waals surface area contributed by atoms with Gasteiger partial charge in [-0.05, 0) is 49.4 Å². The predicted molar refractivity (Wildman–Crippen MR) is 96.8 cm³/mol. The van der Waals surface area contributed by atoms with Crippen molar-refractivity contribution in [3.05, 3.63) is 41.3 Å². The number of rotatable bonds is 2. The van der Waals surface area contributed by atoms with E-state index in [9.17, 15) is 5.11 Å². The summed E-state index contributed by atoms with van der Waals surface area (Å²) < 4.78 is 7.21. The maximum atomic E-state index is 10.1. The van der Waals surface area contributed by atoms with Crippen molar-refractivity contribution < 1.29 is 9.84 Å². The minimum absolute atomic E-state index is 0.265. The van der Waals surface area contributed by atoms with Crippen molar-refractivity contribution in [1.29, 1.82) is 0 Å². The van der Waals surface area contributed by atoms with E-state index in [0.29, 0.717) is 11.6 Å². The molecular formula is C19H22N4O2. The minimum atomic E-state index is 0.265. The maximum absolute atomic E-state index is 10.1. The van der Waals surface area contributed by atoms with Gasteiger partial charge in [-0.15, -0.1) is 0 Å². The quantitative estimate of drug-likeness (QED) is 0.749. The van der Waals surface area contributed by atoms with Crippen molar-refractivity contribution in [2.24, 2.45) is 0 Å². The van der Waals surface area contributed by atoms with Crippen LogP contribution in [0.1, 0.15) is 35.7 Å². The number of anilines is 1. The van der Waals surface area contributed by atoms with Gasteiger partial charge < -0.3 is 15.6 Å². The molecule has 3 N–H and O–H groups in total. The Hall–Kier alpha value is -2.60. The third-order valence-corrected chi connectivity index (χ3v) is 5.02. The summed E-state index contributed by atoms with van der Waals surface area (Å²) in [4.78, 5) is 4.66. The second-order valence-corrected chi connectivity index (χ2v) is 6.70. The molecule has 0 saturated carbocycles. The molecule has 2 aromatic heterocycles. The lowest BCUT2D eigenvalue weighted by Crippen LogP contribution is -2.15. The first-order valence-corrected chi connectivity index (χ1v) is 8.57. The maximum Gasteiger partial charge on any atom is 0.157 e. The summed E-state index contributed by atoms with van der Waals surface area (Å²) in [6, 6.07) is 5.46. The number of hydrogen-bond donors (Lipinski definition) is 2. The molecule has 1 aromatic carbocycles. The van der Waals surface area contributed by atoms with Gasteiger partial charge in [-0.1, -0.05) is 6.07 Å². The molecule has 0 atom stereocenters. The number of nitrogens with zero attached hydrogens (tertiary/aromatic N) is 3. The molecule has 0 unspecified atom stereocenters. The average molecular weight is 338 g/mol. The first kappa shape index (κ1) is 15.9. The summed E-state index contributed by atoms with van der Waals surface area (Å²) in [6.07, 6.45) is 3.81. The topological polar surface area (TPSA) is 85.7 Å². The van der Waals surface area contributed by atoms with Crippen molar-refractivity contribution in [2.45, 2.75) is 32.6 Å². The molecule has 1 aliphatic heterocycles. The number of aromatic hydroxyl groups is 1. The van der Waals surface area contributed by atoms with Crippen LogP contribution in [0.15, 0.2) is 24.4 Å². The Bertz CT molecular complexity index is 942. The van der Waals surface area contributed by atoms with Gasteiger partial charge in [0.05, 0.1) is 0 Å². The number of aromatic nitrogens is 3. The lowest BCUT2D eigenvalue weighted by Gasteiger charge is -2.18. The Labute approximate surface area is 146 Å². The zero-order chi connectivity index (χ0) is 17.6. The molecule has 0 radical (unpaired) electrons. The normalized spacial score (nSPS) is 15.8. The predicted octanol–water partition coefficient (Wildman–Crippen LogP) is 3.19. The molecule has 3 heterocycles. The minimum Gasteiger partial charge on any atom is -0.508 e. The van der Waals surface area contributed by atoms with Gasteiger partial charge in [0, 0.05) is 42.6 Å². The van der Waals surface area contributed by atoms with Crippen LogP contribution in [0.2, 0.25) is 0 Å². The zero-order valence-electron chi connectivity index (χ0n) is 14.5. The number of nitrogen functional groups attached to an aromatic ring is 1. The van der Waals surface area contributed by atoms with E-state index in [1.54, 1.807) is 10.6 Å². The molecule has 1 aliphatic rings. The Kier molecular flexibility index (Phi) is 3.84. The summed E-state index contributed by atoms with van der Waals surface area (Å²) in [5, 5.41) is 14.8. The van der Waals surface area contributed by atoms with Gasteiger partial charge in [-0.25, -0.2) is 9.50 Å². The Morgan fingerprint density at radius 1 is 1.24 bits per heavy atom. The number of aryl methyl sites for hydroxylation is 1. The summed E-state index contributed by atoms with van der Waals surface area (Å²) in [6.45, 7) is 5.43. The third-order valence-electron chi connectivity index (χ3n) is 5.02. The number of hydrogen-bond acceptors (Lipinski definition) is 5. The molecule has 1 saturated heterocycles. The van der Waals surface area contributed by atoms with E-state index >= 15 is 0 Å². The van der Waals surface area contributed by atoms with Crippen LogP contribution in [0.5, 0.6) is 5.75 Å². The van der Waals surface area contributed by atoms with Crippen LogP contribution in [-0.2, 0) is 4.74 Å². The molecule has 0 amide bonds. The summed E-state index contributed by atoms with van der Waals surface area (Å²) in [5.74, 6) is 1.45. The Morgan fingerprint density at radius 3 is 2.76 bits per heavy atom.